The maximum atomic E-state index is 13.2. The van der Waals surface area contributed by atoms with Gasteiger partial charge >= 0.3 is 0 Å². The molecule has 1 aliphatic heterocycles. The molecule has 2 aromatic rings. The molecule has 2 aromatic carbocycles. The Morgan fingerprint density at radius 3 is 2.47 bits per heavy atom. The molecule has 4 heteroatoms. The van der Waals surface area contributed by atoms with Crippen LogP contribution in [0, 0.1) is 0 Å². The summed E-state index contributed by atoms with van der Waals surface area (Å²) in [4.78, 5) is 14.0. The number of para-hydroxylation sites is 2. The number of nitrogens with one attached hydrogen (secondary N) is 1. The topological polar surface area (TPSA) is 32.3 Å². The highest BCUT2D eigenvalue weighted by Crippen LogP contribution is 2.29. The molecule has 0 saturated heterocycles. The van der Waals surface area contributed by atoms with Crippen LogP contribution in [-0.4, -0.2) is 18.7 Å². The number of nitrogens with zero attached hydrogens (tertiary/aromatic N) is 1. The maximum Gasteiger partial charge on any atom is 0.262 e. The fraction of sp³-hybridized carbons (Fsp3) is 0.133. The Balaban J connectivity index is 2.07. The molecular formula is C15H13FN2O. The van der Waals surface area contributed by atoms with Crippen molar-refractivity contribution >= 4 is 17.3 Å². The van der Waals surface area contributed by atoms with Crippen molar-refractivity contribution < 1.29 is 9.18 Å². The number of fused-ring (bicyclic) bond motifs is 1. The summed E-state index contributed by atoms with van der Waals surface area (Å²) in [5, 5.41) is 3.06. The molecule has 0 fully saturated rings. The molecule has 0 bridgehead atoms. The molecule has 1 N–H and O–H groups in total. The zero-order chi connectivity index (χ0) is 13.2. The quantitative estimate of drug-likeness (QED) is 0.895. The number of amides is 1. The van der Waals surface area contributed by atoms with Crippen LogP contribution in [-0.2, 0) is 0 Å². The van der Waals surface area contributed by atoms with E-state index in [1.54, 1.807) is 30.3 Å². The SMILES string of the molecule is O=C1c2ccccc2N[C@@H](CF)N1c1ccccc1. The first-order chi connectivity index (χ1) is 9.31. The van der Waals surface area contributed by atoms with Gasteiger partial charge in [-0.1, -0.05) is 30.3 Å². The first kappa shape index (κ1) is 11.7. The van der Waals surface area contributed by atoms with Gasteiger partial charge < -0.3 is 5.32 Å². The van der Waals surface area contributed by atoms with Crippen molar-refractivity contribution in [3.8, 4) is 0 Å². The van der Waals surface area contributed by atoms with Crippen LogP contribution in [0.2, 0.25) is 0 Å². The Morgan fingerprint density at radius 1 is 1.05 bits per heavy atom. The number of rotatable bonds is 2. The third-order valence-corrected chi connectivity index (χ3v) is 3.19. The van der Waals surface area contributed by atoms with E-state index in [2.05, 4.69) is 5.32 Å². The molecule has 0 saturated carbocycles. The van der Waals surface area contributed by atoms with Crippen LogP contribution in [0.1, 0.15) is 10.4 Å². The highest BCUT2D eigenvalue weighted by molar-refractivity contribution is 6.12. The van der Waals surface area contributed by atoms with E-state index in [1.165, 1.54) is 4.90 Å². The second-order valence-electron chi connectivity index (χ2n) is 4.37. The summed E-state index contributed by atoms with van der Waals surface area (Å²) in [5.41, 5.74) is 1.94. The van der Waals surface area contributed by atoms with E-state index in [1.807, 2.05) is 24.3 Å². The average molecular weight is 256 g/mol. The summed E-state index contributed by atoms with van der Waals surface area (Å²) in [6.45, 7) is -0.644. The van der Waals surface area contributed by atoms with Gasteiger partial charge in [-0.2, -0.15) is 0 Å². The van der Waals surface area contributed by atoms with Gasteiger partial charge in [-0.3, -0.25) is 9.69 Å². The highest BCUT2D eigenvalue weighted by Gasteiger charge is 2.32. The third-order valence-electron chi connectivity index (χ3n) is 3.19. The first-order valence-electron chi connectivity index (χ1n) is 6.11. The molecule has 1 atom stereocenters. The monoisotopic (exact) mass is 256 g/mol. The summed E-state index contributed by atoms with van der Waals surface area (Å²) in [7, 11) is 0. The van der Waals surface area contributed by atoms with Gasteiger partial charge in [0.05, 0.1) is 5.56 Å². The number of halogens is 1. The largest absolute Gasteiger partial charge is 0.362 e. The minimum Gasteiger partial charge on any atom is -0.362 e. The van der Waals surface area contributed by atoms with E-state index in [9.17, 15) is 9.18 Å². The Kier molecular flexibility index (Phi) is 2.91. The Labute approximate surface area is 110 Å². The Hall–Kier alpha value is -2.36. The molecule has 19 heavy (non-hydrogen) atoms. The van der Waals surface area contributed by atoms with Crippen molar-refractivity contribution in [1.29, 1.82) is 0 Å². The number of carbonyl (C=O) groups is 1. The number of anilines is 2. The summed E-state index contributed by atoms with van der Waals surface area (Å²) in [6.07, 6.45) is -0.662. The van der Waals surface area contributed by atoms with Gasteiger partial charge in [0.15, 0.2) is 0 Å². The lowest BCUT2D eigenvalue weighted by atomic mass is 10.1. The lowest BCUT2D eigenvalue weighted by Gasteiger charge is -2.36. The molecular weight excluding hydrogens is 243 g/mol. The second-order valence-corrected chi connectivity index (χ2v) is 4.37. The normalized spacial score (nSPS) is 17.8. The molecule has 0 unspecified atom stereocenters. The fourth-order valence-electron chi connectivity index (χ4n) is 2.30. The minimum absolute atomic E-state index is 0.178. The summed E-state index contributed by atoms with van der Waals surface area (Å²) in [6, 6.07) is 16.3. The van der Waals surface area contributed by atoms with Crippen LogP contribution in [0.5, 0.6) is 0 Å². The van der Waals surface area contributed by atoms with Crippen molar-refractivity contribution in [1.82, 2.24) is 0 Å². The summed E-state index contributed by atoms with van der Waals surface area (Å²) < 4.78 is 13.2. The fourth-order valence-corrected chi connectivity index (χ4v) is 2.30. The zero-order valence-corrected chi connectivity index (χ0v) is 10.2. The minimum atomic E-state index is -0.662. The number of carbonyl (C=O) groups excluding carboxylic acids is 1. The van der Waals surface area contributed by atoms with Crippen molar-refractivity contribution in [2.24, 2.45) is 0 Å². The van der Waals surface area contributed by atoms with Gasteiger partial charge in [0.2, 0.25) is 0 Å². The maximum absolute atomic E-state index is 13.2. The Morgan fingerprint density at radius 2 is 1.74 bits per heavy atom. The average Bonchev–Trinajstić information content (AvgIpc) is 2.48. The Bertz CT molecular complexity index is 600. The zero-order valence-electron chi connectivity index (χ0n) is 10.2. The number of alkyl halides is 1. The lowest BCUT2D eigenvalue weighted by Crippen LogP contribution is -2.50. The van der Waals surface area contributed by atoms with E-state index in [0.717, 1.165) is 0 Å². The van der Waals surface area contributed by atoms with Gasteiger partial charge in [0, 0.05) is 11.4 Å². The van der Waals surface area contributed by atoms with Crippen molar-refractivity contribution in [3.05, 3.63) is 60.2 Å². The molecule has 1 aliphatic rings. The highest BCUT2D eigenvalue weighted by atomic mass is 19.1. The number of benzene rings is 2. The van der Waals surface area contributed by atoms with Crippen LogP contribution in [0.3, 0.4) is 0 Å². The molecule has 1 amide bonds. The van der Waals surface area contributed by atoms with E-state index in [4.69, 9.17) is 0 Å². The second kappa shape index (κ2) is 4.72. The van der Waals surface area contributed by atoms with Gasteiger partial charge in [-0.25, -0.2) is 4.39 Å². The molecule has 0 aliphatic carbocycles. The predicted octanol–water partition coefficient (Wildman–Crippen LogP) is 3.05. The van der Waals surface area contributed by atoms with E-state index < -0.39 is 12.8 Å². The van der Waals surface area contributed by atoms with Gasteiger partial charge in [0.25, 0.3) is 5.91 Å². The molecule has 3 rings (SSSR count). The van der Waals surface area contributed by atoms with Gasteiger partial charge in [0.1, 0.15) is 12.8 Å². The lowest BCUT2D eigenvalue weighted by molar-refractivity contribution is 0.0971. The van der Waals surface area contributed by atoms with Gasteiger partial charge in [-0.05, 0) is 24.3 Å². The van der Waals surface area contributed by atoms with Crippen LogP contribution < -0.4 is 10.2 Å². The summed E-state index contributed by atoms with van der Waals surface area (Å²) in [5.74, 6) is -0.178. The van der Waals surface area contributed by atoms with Gasteiger partial charge in [-0.15, -0.1) is 0 Å². The van der Waals surface area contributed by atoms with E-state index in [-0.39, 0.29) is 5.91 Å². The number of hydrogen-bond donors (Lipinski definition) is 1. The van der Waals surface area contributed by atoms with Crippen molar-refractivity contribution in [2.75, 3.05) is 16.9 Å². The van der Waals surface area contributed by atoms with Crippen LogP contribution in [0.25, 0.3) is 0 Å². The van der Waals surface area contributed by atoms with Crippen molar-refractivity contribution in [3.63, 3.8) is 0 Å². The number of hydrogen-bond acceptors (Lipinski definition) is 2. The predicted molar refractivity (Wildman–Crippen MR) is 73.1 cm³/mol. The standard InChI is InChI=1S/C15H13FN2O/c16-10-14-17-13-9-5-4-8-12(13)15(19)18(14)11-6-2-1-3-7-11/h1-9,14,17H,10H2/t14-/m1/s1. The molecule has 3 nitrogen and oxygen atoms in total. The van der Waals surface area contributed by atoms with E-state index in [0.29, 0.717) is 16.9 Å². The molecule has 0 spiro atoms. The molecule has 1 heterocycles. The summed E-state index contributed by atoms with van der Waals surface area (Å²) >= 11 is 0. The van der Waals surface area contributed by atoms with Crippen LogP contribution in [0.4, 0.5) is 15.8 Å². The smallest absolute Gasteiger partial charge is 0.262 e. The molecule has 0 radical (unpaired) electrons. The van der Waals surface area contributed by atoms with Crippen LogP contribution >= 0.6 is 0 Å². The molecule has 0 aromatic heterocycles. The van der Waals surface area contributed by atoms with E-state index >= 15 is 0 Å². The third kappa shape index (κ3) is 1.95. The van der Waals surface area contributed by atoms with Crippen molar-refractivity contribution in [2.45, 2.75) is 6.17 Å². The first-order valence-corrected chi connectivity index (χ1v) is 6.11. The van der Waals surface area contributed by atoms with Crippen LogP contribution in [0.15, 0.2) is 54.6 Å². The molecule has 96 valence electrons.